The molecule has 0 aromatic rings. The average molecular weight is 261 g/mol. The molecule has 0 spiro atoms. The highest BCUT2D eigenvalue weighted by Crippen LogP contribution is 2.46. The van der Waals surface area contributed by atoms with E-state index in [0.717, 1.165) is 49.7 Å². The van der Waals surface area contributed by atoms with Crippen molar-refractivity contribution in [1.29, 1.82) is 0 Å². The van der Waals surface area contributed by atoms with E-state index in [1.807, 2.05) is 11.0 Å². The third-order valence-corrected chi connectivity index (χ3v) is 4.82. The van der Waals surface area contributed by atoms with Crippen molar-refractivity contribution in [3.63, 3.8) is 0 Å². The monoisotopic (exact) mass is 261 g/mol. The number of nitrogens with zero attached hydrogens (tertiary/aromatic N) is 1. The molecule has 1 heterocycles. The zero-order valence-electron chi connectivity index (χ0n) is 11.7. The predicted octanol–water partition coefficient (Wildman–Crippen LogP) is 2.91. The highest BCUT2D eigenvalue weighted by Gasteiger charge is 2.52. The molecule has 0 bridgehead atoms. The number of amides is 1. The normalized spacial score (nSPS) is 30.8. The van der Waals surface area contributed by atoms with E-state index in [-0.39, 0.29) is 11.9 Å². The van der Waals surface area contributed by atoms with Crippen LogP contribution in [0, 0.1) is 0 Å². The first-order valence-corrected chi connectivity index (χ1v) is 7.64. The summed E-state index contributed by atoms with van der Waals surface area (Å²) in [5, 5.41) is 11.2. The van der Waals surface area contributed by atoms with Crippen LogP contribution >= 0.6 is 0 Å². The maximum absolute atomic E-state index is 12.6. The van der Waals surface area contributed by atoms with Gasteiger partial charge in [-0.2, -0.15) is 0 Å². The third-order valence-electron chi connectivity index (χ3n) is 4.82. The standard InChI is InChI=1S/C16H23NO2/c1-2-3-11-16(19)14-10-5-4-9-13(14)15(18)17(16)12-7-6-8-12/h4,9,12,19H,2-3,5-8,10-11H2,1H3. The summed E-state index contributed by atoms with van der Waals surface area (Å²) in [6, 6.07) is 0.258. The molecule has 19 heavy (non-hydrogen) atoms. The van der Waals surface area contributed by atoms with E-state index in [1.54, 1.807) is 0 Å². The van der Waals surface area contributed by atoms with E-state index in [9.17, 15) is 9.90 Å². The highest BCUT2D eigenvalue weighted by atomic mass is 16.3. The molecule has 0 saturated heterocycles. The van der Waals surface area contributed by atoms with E-state index >= 15 is 0 Å². The molecule has 104 valence electrons. The van der Waals surface area contributed by atoms with Gasteiger partial charge in [-0.1, -0.05) is 25.5 Å². The molecule has 1 N–H and O–H groups in total. The average Bonchev–Trinajstić information content (AvgIpc) is 2.58. The lowest BCUT2D eigenvalue weighted by Gasteiger charge is -2.45. The van der Waals surface area contributed by atoms with Crippen molar-refractivity contribution in [2.45, 2.75) is 70.1 Å². The van der Waals surface area contributed by atoms with Crippen molar-refractivity contribution in [3.05, 3.63) is 23.3 Å². The largest absolute Gasteiger partial charge is 0.367 e. The minimum absolute atomic E-state index is 0.0641. The van der Waals surface area contributed by atoms with Crippen LogP contribution in [0.1, 0.15) is 58.3 Å². The molecule has 1 amide bonds. The number of hydrogen-bond donors (Lipinski definition) is 1. The predicted molar refractivity (Wildman–Crippen MR) is 74.4 cm³/mol. The van der Waals surface area contributed by atoms with Crippen LogP contribution in [-0.2, 0) is 4.79 Å². The van der Waals surface area contributed by atoms with Crippen LogP contribution < -0.4 is 0 Å². The second-order valence-corrected chi connectivity index (χ2v) is 6.01. The lowest BCUT2D eigenvalue weighted by atomic mass is 9.86. The minimum atomic E-state index is -0.988. The smallest absolute Gasteiger partial charge is 0.256 e. The molecule has 1 fully saturated rings. The molecule has 1 atom stereocenters. The molecule has 0 aromatic carbocycles. The first-order valence-electron chi connectivity index (χ1n) is 7.64. The van der Waals surface area contributed by atoms with Crippen molar-refractivity contribution in [2.24, 2.45) is 0 Å². The molecule has 3 heteroatoms. The molecule has 3 aliphatic rings. The Morgan fingerprint density at radius 1 is 1.47 bits per heavy atom. The second-order valence-electron chi connectivity index (χ2n) is 6.01. The van der Waals surface area contributed by atoms with Gasteiger partial charge < -0.3 is 10.0 Å². The number of carbonyl (C=O) groups excluding carboxylic acids is 1. The van der Waals surface area contributed by atoms with Crippen LogP contribution in [-0.4, -0.2) is 27.7 Å². The van der Waals surface area contributed by atoms with E-state index in [4.69, 9.17) is 0 Å². The maximum Gasteiger partial charge on any atom is 0.256 e. The lowest BCUT2D eigenvalue weighted by molar-refractivity contribution is -0.155. The maximum atomic E-state index is 12.6. The van der Waals surface area contributed by atoms with E-state index < -0.39 is 5.72 Å². The van der Waals surface area contributed by atoms with Crippen molar-refractivity contribution in [3.8, 4) is 0 Å². The van der Waals surface area contributed by atoms with Crippen molar-refractivity contribution < 1.29 is 9.90 Å². The number of hydrogen-bond acceptors (Lipinski definition) is 2. The Hall–Kier alpha value is -1.09. The van der Waals surface area contributed by atoms with Crippen molar-refractivity contribution >= 4 is 5.91 Å². The molecule has 3 rings (SSSR count). The summed E-state index contributed by atoms with van der Waals surface area (Å²) >= 11 is 0. The quantitative estimate of drug-likeness (QED) is 0.845. The SMILES string of the molecule is CCCCC1(O)C2=C(C=CCC2)C(=O)N1C1CCC1. The van der Waals surface area contributed by atoms with Crippen LogP contribution in [0.5, 0.6) is 0 Å². The summed E-state index contributed by atoms with van der Waals surface area (Å²) < 4.78 is 0. The summed E-state index contributed by atoms with van der Waals surface area (Å²) in [7, 11) is 0. The van der Waals surface area contributed by atoms with E-state index in [2.05, 4.69) is 13.0 Å². The van der Waals surface area contributed by atoms with Gasteiger partial charge in [0.25, 0.3) is 5.91 Å². The summed E-state index contributed by atoms with van der Waals surface area (Å²) in [5.41, 5.74) is 0.773. The number of aliphatic hydroxyl groups is 1. The van der Waals surface area contributed by atoms with Gasteiger partial charge in [0.05, 0.1) is 0 Å². The number of carbonyl (C=O) groups is 1. The fraction of sp³-hybridized carbons (Fsp3) is 0.688. The molecular formula is C16H23NO2. The van der Waals surface area contributed by atoms with Crippen molar-refractivity contribution in [2.75, 3.05) is 0 Å². The first-order chi connectivity index (χ1) is 9.18. The Bertz CT molecular complexity index is 448. The number of rotatable bonds is 4. The fourth-order valence-corrected chi connectivity index (χ4v) is 3.53. The van der Waals surface area contributed by atoms with Gasteiger partial charge >= 0.3 is 0 Å². The Kier molecular flexibility index (Phi) is 3.25. The molecular weight excluding hydrogens is 238 g/mol. The van der Waals surface area contributed by atoms with Crippen LogP contribution in [0.25, 0.3) is 0 Å². The van der Waals surface area contributed by atoms with Gasteiger partial charge in [0, 0.05) is 11.6 Å². The van der Waals surface area contributed by atoms with Crippen LogP contribution in [0.2, 0.25) is 0 Å². The number of unbranched alkanes of at least 4 members (excludes halogenated alkanes) is 1. The van der Waals surface area contributed by atoms with Gasteiger partial charge in [-0.05, 0) is 50.5 Å². The van der Waals surface area contributed by atoms with Gasteiger partial charge in [0.2, 0.25) is 0 Å². The van der Waals surface area contributed by atoms with Gasteiger partial charge in [-0.3, -0.25) is 4.79 Å². The summed E-state index contributed by atoms with van der Waals surface area (Å²) in [6.45, 7) is 2.13. The molecule has 2 aliphatic carbocycles. The Labute approximate surface area is 115 Å². The minimum Gasteiger partial charge on any atom is -0.367 e. The fourth-order valence-electron chi connectivity index (χ4n) is 3.53. The van der Waals surface area contributed by atoms with Crippen LogP contribution in [0.15, 0.2) is 23.3 Å². The highest BCUT2D eigenvalue weighted by molar-refractivity contribution is 6.01. The summed E-state index contributed by atoms with van der Waals surface area (Å²) in [4.78, 5) is 14.4. The Morgan fingerprint density at radius 3 is 2.89 bits per heavy atom. The van der Waals surface area contributed by atoms with Crippen LogP contribution in [0.4, 0.5) is 0 Å². The Balaban J connectivity index is 1.95. The van der Waals surface area contributed by atoms with E-state index in [1.165, 1.54) is 6.42 Å². The number of allylic oxidation sites excluding steroid dienone is 1. The first kappa shape index (κ1) is 12.9. The molecule has 3 nitrogen and oxygen atoms in total. The lowest BCUT2D eigenvalue weighted by Crippen LogP contribution is -2.55. The van der Waals surface area contributed by atoms with Gasteiger partial charge in [-0.15, -0.1) is 0 Å². The molecule has 1 aliphatic heterocycles. The summed E-state index contributed by atoms with van der Waals surface area (Å²) in [5.74, 6) is 0.0641. The zero-order chi connectivity index (χ0) is 13.5. The van der Waals surface area contributed by atoms with Gasteiger partial charge in [-0.25, -0.2) is 0 Å². The summed E-state index contributed by atoms with van der Waals surface area (Å²) in [6.07, 6.45) is 11.7. The van der Waals surface area contributed by atoms with Gasteiger partial charge in [0.1, 0.15) is 0 Å². The molecule has 0 aromatic heterocycles. The third kappa shape index (κ3) is 1.86. The van der Waals surface area contributed by atoms with Crippen LogP contribution in [0.3, 0.4) is 0 Å². The van der Waals surface area contributed by atoms with E-state index in [0.29, 0.717) is 6.42 Å². The molecule has 1 unspecified atom stereocenters. The second kappa shape index (κ2) is 4.78. The molecule has 0 radical (unpaired) electrons. The Morgan fingerprint density at radius 2 is 2.26 bits per heavy atom. The zero-order valence-corrected chi connectivity index (χ0v) is 11.7. The molecule has 1 saturated carbocycles. The topological polar surface area (TPSA) is 40.5 Å². The van der Waals surface area contributed by atoms with Crippen molar-refractivity contribution in [1.82, 2.24) is 4.90 Å². The van der Waals surface area contributed by atoms with Gasteiger partial charge in [0.15, 0.2) is 5.72 Å².